The summed E-state index contributed by atoms with van der Waals surface area (Å²) >= 11 is 0. The number of rotatable bonds is 8. The molecule has 0 saturated heterocycles. The lowest BCUT2D eigenvalue weighted by molar-refractivity contribution is -0.108. The van der Waals surface area contributed by atoms with Crippen LogP contribution in [0.15, 0.2) is 0 Å². The van der Waals surface area contributed by atoms with Crippen LogP contribution in [0.5, 0.6) is 0 Å². The van der Waals surface area contributed by atoms with E-state index in [0.29, 0.717) is 5.92 Å². The molecule has 0 fully saturated rings. The fourth-order valence-corrected chi connectivity index (χ4v) is 2.28. The van der Waals surface area contributed by atoms with Gasteiger partial charge in [-0.3, -0.25) is 0 Å². The average molecular weight is 198 g/mol. The second kappa shape index (κ2) is 8.02. The normalized spacial score (nSPS) is 15.5. The SMILES string of the molecule is CCCCC(C)C(CCC=O)C(C)C. The van der Waals surface area contributed by atoms with E-state index in [4.69, 9.17) is 0 Å². The first-order valence-corrected chi connectivity index (χ1v) is 6.07. The molecule has 1 heteroatoms. The fourth-order valence-electron chi connectivity index (χ4n) is 2.28. The Morgan fingerprint density at radius 3 is 2.21 bits per heavy atom. The summed E-state index contributed by atoms with van der Waals surface area (Å²) in [6.07, 6.45) is 6.79. The van der Waals surface area contributed by atoms with E-state index in [1.807, 2.05) is 0 Å². The van der Waals surface area contributed by atoms with Gasteiger partial charge in [0, 0.05) is 6.42 Å². The van der Waals surface area contributed by atoms with Gasteiger partial charge in [0.15, 0.2) is 0 Å². The summed E-state index contributed by atoms with van der Waals surface area (Å²) in [7, 11) is 0. The van der Waals surface area contributed by atoms with E-state index in [9.17, 15) is 4.79 Å². The Hall–Kier alpha value is -0.330. The first kappa shape index (κ1) is 13.7. The Kier molecular flexibility index (Phi) is 7.83. The third-order valence-electron chi connectivity index (χ3n) is 3.22. The quantitative estimate of drug-likeness (QED) is 0.537. The van der Waals surface area contributed by atoms with E-state index in [2.05, 4.69) is 27.7 Å². The molecule has 0 amide bonds. The molecule has 0 aromatic heterocycles. The summed E-state index contributed by atoms with van der Waals surface area (Å²) in [5.41, 5.74) is 0. The van der Waals surface area contributed by atoms with Crippen LogP contribution in [0.3, 0.4) is 0 Å². The molecule has 2 unspecified atom stereocenters. The maximum absolute atomic E-state index is 10.4. The van der Waals surface area contributed by atoms with E-state index in [0.717, 1.165) is 31.0 Å². The third kappa shape index (κ3) is 5.41. The predicted octanol–water partition coefficient (Wildman–Crippen LogP) is 4.06. The number of carbonyl (C=O) groups excluding carboxylic acids is 1. The molecule has 0 aliphatic rings. The van der Waals surface area contributed by atoms with Gasteiger partial charge in [-0.05, 0) is 24.2 Å². The predicted molar refractivity (Wildman–Crippen MR) is 62.3 cm³/mol. The van der Waals surface area contributed by atoms with Gasteiger partial charge in [0.25, 0.3) is 0 Å². The van der Waals surface area contributed by atoms with Gasteiger partial charge in [0.05, 0.1) is 0 Å². The van der Waals surface area contributed by atoms with Crippen molar-refractivity contribution < 1.29 is 4.79 Å². The smallest absolute Gasteiger partial charge is 0.120 e. The van der Waals surface area contributed by atoms with E-state index in [-0.39, 0.29) is 0 Å². The van der Waals surface area contributed by atoms with Crippen LogP contribution in [0.2, 0.25) is 0 Å². The van der Waals surface area contributed by atoms with Crippen molar-refractivity contribution in [3.8, 4) is 0 Å². The molecular weight excluding hydrogens is 172 g/mol. The van der Waals surface area contributed by atoms with Crippen LogP contribution >= 0.6 is 0 Å². The third-order valence-corrected chi connectivity index (χ3v) is 3.22. The second-order valence-electron chi connectivity index (χ2n) is 4.77. The Morgan fingerprint density at radius 1 is 1.14 bits per heavy atom. The molecule has 0 saturated carbocycles. The molecule has 14 heavy (non-hydrogen) atoms. The zero-order valence-corrected chi connectivity index (χ0v) is 10.3. The van der Waals surface area contributed by atoms with Crippen molar-refractivity contribution in [1.82, 2.24) is 0 Å². The van der Waals surface area contributed by atoms with Gasteiger partial charge in [-0.2, -0.15) is 0 Å². The Morgan fingerprint density at radius 2 is 1.79 bits per heavy atom. The molecule has 0 rings (SSSR count). The molecule has 0 bridgehead atoms. The van der Waals surface area contributed by atoms with Crippen molar-refractivity contribution in [2.75, 3.05) is 0 Å². The van der Waals surface area contributed by atoms with Crippen molar-refractivity contribution in [2.45, 2.75) is 59.8 Å². The topological polar surface area (TPSA) is 17.1 Å². The highest BCUT2D eigenvalue weighted by atomic mass is 16.1. The van der Waals surface area contributed by atoms with Crippen molar-refractivity contribution in [2.24, 2.45) is 17.8 Å². The second-order valence-corrected chi connectivity index (χ2v) is 4.77. The molecule has 0 aromatic rings. The summed E-state index contributed by atoms with van der Waals surface area (Å²) in [5.74, 6) is 2.21. The maximum atomic E-state index is 10.4. The average Bonchev–Trinajstić information content (AvgIpc) is 2.14. The minimum absolute atomic E-state index is 0.710. The lowest BCUT2D eigenvalue weighted by atomic mass is 9.79. The standard InChI is InChI=1S/C13H26O/c1-5-6-8-12(4)13(11(2)3)9-7-10-14/h10-13H,5-9H2,1-4H3. The number of hydrogen-bond acceptors (Lipinski definition) is 1. The summed E-state index contributed by atoms with van der Waals surface area (Å²) in [6.45, 7) is 9.13. The van der Waals surface area contributed by atoms with Gasteiger partial charge in [-0.1, -0.05) is 47.0 Å². The van der Waals surface area contributed by atoms with Gasteiger partial charge in [-0.25, -0.2) is 0 Å². The number of unbranched alkanes of at least 4 members (excludes halogenated alkanes) is 1. The zero-order valence-electron chi connectivity index (χ0n) is 10.3. The highest BCUT2D eigenvalue weighted by molar-refractivity contribution is 5.49. The number of aldehydes is 1. The summed E-state index contributed by atoms with van der Waals surface area (Å²) < 4.78 is 0. The van der Waals surface area contributed by atoms with Crippen LogP contribution < -0.4 is 0 Å². The fraction of sp³-hybridized carbons (Fsp3) is 0.923. The molecule has 1 nitrogen and oxygen atoms in total. The van der Waals surface area contributed by atoms with Gasteiger partial charge >= 0.3 is 0 Å². The van der Waals surface area contributed by atoms with Gasteiger partial charge in [0.2, 0.25) is 0 Å². The minimum atomic E-state index is 0.710. The molecule has 84 valence electrons. The molecule has 0 aliphatic heterocycles. The number of carbonyl (C=O) groups is 1. The van der Waals surface area contributed by atoms with E-state index in [1.54, 1.807) is 0 Å². The Labute approximate surface area is 89.3 Å². The highest BCUT2D eigenvalue weighted by Gasteiger charge is 2.19. The molecule has 2 atom stereocenters. The first-order chi connectivity index (χ1) is 6.63. The summed E-state index contributed by atoms with van der Waals surface area (Å²) in [5, 5.41) is 0. The van der Waals surface area contributed by atoms with Crippen molar-refractivity contribution in [1.29, 1.82) is 0 Å². The zero-order chi connectivity index (χ0) is 11.0. The molecule has 0 radical (unpaired) electrons. The van der Waals surface area contributed by atoms with Crippen LogP contribution in [0.1, 0.15) is 59.8 Å². The monoisotopic (exact) mass is 198 g/mol. The lowest BCUT2D eigenvalue weighted by Gasteiger charge is -2.27. The minimum Gasteiger partial charge on any atom is -0.303 e. The molecule has 0 N–H and O–H groups in total. The molecule has 0 heterocycles. The Bertz CT molecular complexity index is 140. The van der Waals surface area contributed by atoms with Gasteiger partial charge in [-0.15, -0.1) is 0 Å². The van der Waals surface area contributed by atoms with Crippen LogP contribution in [0.25, 0.3) is 0 Å². The van der Waals surface area contributed by atoms with Crippen LogP contribution in [0, 0.1) is 17.8 Å². The van der Waals surface area contributed by atoms with Crippen LogP contribution in [-0.4, -0.2) is 6.29 Å². The van der Waals surface area contributed by atoms with E-state index >= 15 is 0 Å². The van der Waals surface area contributed by atoms with Crippen molar-refractivity contribution in [3.05, 3.63) is 0 Å². The molecule has 0 aliphatic carbocycles. The summed E-state index contributed by atoms with van der Waals surface area (Å²) in [6, 6.07) is 0. The van der Waals surface area contributed by atoms with Gasteiger partial charge in [0.1, 0.15) is 6.29 Å². The van der Waals surface area contributed by atoms with Crippen LogP contribution in [0.4, 0.5) is 0 Å². The van der Waals surface area contributed by atoms with Crippen molar-refractivity contribution in [3.63, 3.8) is 0 Å². The molecule has 0 aromatic carbocycles. The van der Waals surface area contributed by atoms with Crippen molar-refractivity contribution >= 4 is 6.29 Å². The first-order valence-electron chi connectivity index (χ1n) is 6.07. The van der Waals surface area contributed by atoms with Gasteiger partial charge < -0.3 is 4.79 Å². The summed E-state index contributed by atoms with van der Waals surface area (Å²) in [4.78, 5) is 10.4. The molecular formula is C13H26O. The lowest BCUT2D eigenvalue weighted by Crippen LogP contribution is -2.18. The molecule has 0 spiro atoms. The van der Waals surface area contributed by atoms with E-state index in [1.165, 1.54) is 19.3 Å². The van der Waals surface area contributed by atoms with E-state index < -0.39 is 0 Å². The largest absolute Gasteiger partial charge is 0.303 e. The Balaban J connectivity index is 3.96. The maximum Gasteiger partial charge on any atom is 0.120 e. The highest BCUT2D eigenvalue weighted by Crippen LogP contribution is 2.28. The van der Waals surface area contributed by atoms with Crippen LogP contribution in [-0.2, 0) is 4.79 Å². The number of hydrogen-bond donors (Lipinski definition) is 0.